The number of hydrogen-bond donors (Lipinski definition) is 1. The second kappa shape index (κ2) is 10.7. The fraction of sp³-hybridized carbons (Fsp3) is 0.100. The molecular formula is C40H34N2. The van der Waals surface area contributed by atoms with Crippen molar-refractivity contribution in [1.29, 1.82) is 0 Å². The highest BCUT2D eigenvalue weighted by molar-refractivity contribution is 6.09. The van der Waals surface area contributed by atoms with Crippen molar-refractivity contribution in [2.24, 2.45) is 0 Å². The number of nitrogens with two attached hydrogens (primary N) is 1. The van der Waals surface area contributed by atoms with Gasteiger partial charge in [0.15, 0.2) is 0 Å². The largest absolute Gasteiger partial charge is 0.399 e. The van der Waals surface area contributed by atoms with Gasteiger partial charge in [0.25, 0.3) is 0 Å². The lowest BCUT2D eigenvalue weighted by Crippen LogP contribution is -2.02. The predicted octanol–water partition coefficient (Wildman–Crippen LogP) is 10.1. The number of nitrogens with zero attached hydrogens (tertiary/aromatic N) is 1. The highest BCUT2D eigenvalue weighted by atomic mass is 15.0. The first kappa shape index (κ1) is 25.9. The zero-order valence-corrected chi connectivity index (χ0v) is 24.1. The number of nitrogen functional groups attached to an aromatic ring is 1. The molecule has 0 amide bonds. The Labute approximate surface area is 247 Å². The highest BCUT2D eigenvalue weighted by Crippen LogP contribution is 2.35. The molecule has 0 unspecified atom stereocenters. The molecule has 0 aliphatic heterocycles. The lowest BCUT2D eigenvalue weighted by molar-refractivity contribution is 0.942. The van der Waals surface area contributed by atoms with Crippen LogP contribution in [0.2, 0.25) is 0 Å². The van der Waals surface area contributed by atoms with Crippen LogP contribution >= 0.6 is 0 Å². The van der Waals surface area contributed by atoms with Crippen molar-refractivity contribution >= 4 is 27.5 Å². The van der Waals surface area contributed by atoms with E-state index in [-0.39, 0.29) is 0 Å². The molecule has 42 heavy (non-hydrogen) atoms. The molecule has 1 aliphatic carbocycles. The van der Waals surface area contributed by atoms with E-state index in [9.17, 15) is 0 Å². The van der Waals surface area contributed by atoms with Crippen LogP contribution in [0.3, 0.4) is 0 Å². The topological polar surface area (TPSA) is 30.9 Å². The molecule has 1 aliphatic rings. The number of hydrogen-bond acceptors (Lipinski definition) is 1. The molecule has 204 valence electrons. The van der Waals surface area contributed by atoms with Gasteiger partial charge in [-0.05, 0) is 108 Å². The number of fused-ring (bicyclic) bond motifs is 6. The Morgan fingerprint density at radius 2 is 0.952 bits per heavy atom. The summed E-state index contributed by atoms with van der Waals surface area (Å²) in [7, 11) is 0. The van der Waals surface area contributed by atoms with Gasteiger partial charge in [-0.15, -0.1) is 0 Å². The second-order valence-corrected chi connectivity index (χ2v) is 11.3. The van der Waals surface area contributed by atoms with Crippen LogP contribution in [-0.2, 0) is 12.8 Å². The van der Waals surface area contributed by atoms with Crippen molar-refractivity contribution in [3.8, 4) is 27.9 Å². The average Bonchev–Trinajstić information content (AvgIpc) is 3.36. The average molecular weight is 543 g/mol. The summed E-state index contributed by atoms with van der Waals surface area (Å²) in [5.74, 6) is 0. The molecule has 2 heteroatoms. The van der Waals surface area contributed by atoms with Crippen molar-refractivity contribution in [1.82, 2.24) is 4.57 Å². The maximum atomic E-state index is 5.93. The molecule has 1 aromatic heterocycles. The molecule has 2 nitrogen and oxygen atoms in total. The maximum absolute atomic E-state index is 5.93. The fourth-order valence-corrected chi connectivity index (χ4v) is 6.55. The molecule has 1 heterocycles. The maximum Gasteiger partial charge on any atom is 0.0541 e. The summed E-state index contributed by atoms with van der Waals surface area (Å²) in [5.41, 5.74) is 21.2. The van der Waals surface area contributed by atoms with E-state index < -0.39 is 0 Å². The fourth-order valence-electron chi connectivity index (χ4n) is 6.55. The third-order valence-electron chi connectivity index (χ3n) is 8.58. The minimum atomic E-state index is 0.806. The Bertz CT molecular complexity index is 1980. The predicted molar refractivity (Wildman–Crippen MR) is 179 cm³/mol. The zero-order chi connectivity index (χ0) is 28.6. The van der Waals surface area contributed by atoms with Crippen LogP contribution < -0.4 is 5.73 Å². The molecule has 8 rings (SSSR count). The number of aryl methyl sites for hydroxylation is 4. The van der Waals surface area contributed by atoms with Gasteiger partial charge in [0.05, 0.1) is 11.0 Å². The third-order valence-corrected chi connectivity index (χ3v) is 8.58. The van der Waals surface area contributed by atoms with Gasteiger partial charge in [0, 0.05) is 22.1 Å². The summed E-state index contributed by atoms with van der Waals surface area (Å²) in [5, 5.41) is 2.57. The van der Waals surface area contributed by atoms with Crippen molar-refractivity contribution in [2.75, 3.05) is 5.73 Å². The van der Waals surface area contributed by atoms with Crippen LogP contribution in [0.15, 0.2) is 133 Å². The summed E-state index contributed by atoms with van der Waals surface area (Å²) in [6.45, 7) is 4.30. The molecule has 6 aromatic carbocycles. The van der Waals surface area contributed by atoms with Gasteiger partial charge < -0.3 is 10.3 Å². The molecule has 0 bridgehead atoms. The van der Waals surface area contributed by atoms with E-state index >= 15 is 0 Å². The zero-order valence-electron chi connectivity index (χ0n) is 24.1. The van der Waals surface area contributed by atoms with Crippen LogP contribution in [0, 0.1) is 13.8 Å². The van der Waals surface area contributed by atoms with Gasteiger partial charge in [-0.25, -0.2) is 0 Å². The molecule has 0 saturated carbocycles. The van der Waals surface area contributed by atoms with Crippen LogP contribution in [0.5, 0.6) is 0 Å². The minimum absolute atomic E-state index is 0.806. The summed E-state index contributed by atoms with van der Waals surface area (Å²) in [6.07, 6.45) is 2.38. The monoisotopic (exact) mass is 542 g/mol. The van der Waals surface area contributed by atoms with Crippen LogP contribution in [-0.4, -0.2) is 4.57 Å². The van der Waals surface area contributed by atoms with Crippen molar-refractivity contribution in [3.63, 3.8) is 0 Å². The highest BCUT2D eigenvalue weighted by Gasteiger charge is 2.15. The van der Waals surface area contributed by atoms with E-state index in [1.54, 1.807) is 0 Å². The summed E-state index contributed by atoms with van der Waals surface area (Å²) in [6, 6.07) is 47.5. The first-order chi connectivity index (χ1) is 20.6. The Morgan fingerprint density at radius 3 is 1.50 bits per heavy atom. The van der Waals surface area contributed by atoms with Crippen molar-refractivity contribution < 1.29 is 0 Å². The molecule has 2 N–H and O–H groups in total. The second-order valence-electron chi connectivity index (χ2n) is 11.3. The summed E-state index contributed by atoms with van der Waals surface area (Å²) < 4.78 is 2.36. The molecular weight excluding hydrogens is 508 g/mol. The normalized spacial score (nSPS) is 12.0. The Kier molecular flexibility index (Phi) is 6.60. The molecule has 7 aromatic rings. The van der Waals surface area contributed by atoms with Crippen molar-refractivity contribution in [3.05, 3.63) is 156 Å². The van der Waals surface area contributed by atoms with E-state index in [4.69, 9.17) is 5.73 Å². The molecule has 0 fully saturated rings. The van der Waals surface area contributed by atoms with Gasteiger partial charge in [-0.2, -0.15) is 0 Å². The lowest BCUT2D eigenvalue weighted by atomic mass is 9.86. The number of anilines is 1. The molecule has 0 radical (unpaired) electrons. The number of benzene rings is 6. The van der Waals surface area contributed by atoms with Gasteiger partial charge >= 0.3 is 0 Å². The summed E-state index contributed by atoms with van der Waals surface area (Å²) in [4.78, 5) is 0. The summed E-state index contributed by atoms with van der Waals surface area (Å²) >= 11 is 0. The third kappa shape index (κ3) is 4.55. The lowest BCUT2D eigenvalue weighted by Gasteiger charge is -2.19. The van der Waals surface area contributed by atoms with Crippen LogP contribution in [0.25, 0.3) is 49.7 Å². The Hall–Kier alpha value is -5.08. The first-order valence-corrected chi connectivity index (χ1v) is 14.7. The Balaban J connectivity index is 0.000000171. The van der Waals surface area contributed by atoms with Gasteiger partial charge in [0.2, 0.25) is 0 Å². The minimum Gasteiger partial charge on any atom is -0.399 e. The number of para-hydroxylation sites is 2. The van der Waals surface area contributed by atoms with E-state index in [0.717, 1.165) is 5.69 Å². The van der Waals surface area contributed by atoms with E-state index in [1.807, 2.05) is 12.1 Å². The SMILES string of the molecule is Cc1cc(N)ccc1-c1ccc(-n2c3ccccc3c3ccccc32)cc1C.c1ccc2c(c1)CCc1ccccc1-2. The standard InChI is InChI=1S/C26H22N2.C14H12/c1-17-15-19(27)11-13-21(17)22-14-12-20(16-18(22)2)28-25-9-5-3-7-23(25)24-8-4-6-10-26(24)28;1-3-7-13-11(5-1)9-10-12-6-2-4-8-14(12)13/h3-16H,27H2,1-2H3;1-8H,9-10H2. The first-order valence-electron chi connectivity index (χ1n) is 14.7. The number of rotatable bonds is 2. The number of aromatic nitrogens is 1. The van der Waals surface area contributed by atoms with Gasteiger partial charge in [-0.3, -0.25) is 0 Å². The molecule has 0 atom stereocenters. The smallest absolute Gasteiger partial charge is 0.0541 e. The van der Waals surface area contributed by atoms with E-state index in [0.29, 0.717) is 0 Å². The Morgan fingerprint density at radius 1 is 0.476 bits per heavy atom. The van der Waals surface area contributed by atoms with E-state index in [2.05, 4.69) is 140 Å². The van der Waals surface area contributed by atoms with E-state index in [1.165, 1.54) is 84.8 Å². The van der Waals surface area contributed by atoms with Crippen molar-refractivity contribution in [2.45, 2.75) is 26.7 Å². The molecule has 0 saturated heterocycles. The van der Waals surface area contributed by atoms with Gasteiger partial charge in [-0.1, -0.05) is 97.1 Å². The molecule has 0 spiro atoms. The van der Waals surface area contributed by atoms with Gasteiger partial charge in [0.1, 0.15) is 0 Å². The quantitative estimate of drug-likeness (QED) is 0.217. The van der Waals surface area contributed by atoms with Crippen LogP contribution in [0.1, 0.15) is 22.3 Å². The van der Waals surface area contributed by atoms with Crippen LogP contribution in [0.4, 0.5) is 5.69 Å².